The summed E-state index contributed by atoms with van der Waals surface area (Å²) in [5.74, 6) is 0.694. The third-order valence-corrected chi connectivity index (χ3v) is 4.20. The van der Waals surface area contributed by atoms with Gasteiger partial charge in [0.25, 0.3) is 10.0 Å². The lowest BCUT2D eigenvalue weighted by molar-refractivity contribution is 0.593. The van der Waals surface area contributed by atoms with E-state index in [1.807, 2.05) is 0 Å². The molecule has 1 N–H and O–H groups in total. The Balaban J connectivity index is 2.36. The number of aromatic nitrogens is 3. The summed E-state index contributed by atoms with van der Waals surface area (Å²) in [6.07, 6.45) is 4.04. The van der Waals surface area contributed by atoms with E-state index in [4.69, 9.17) is 0 Å². The first-order chi connectivity index (χ1) is 9.05. The van der Waals surface area contributed by atoms with Gasteiger partial charge >= 0.3 is 0 Å². The molecule has 0 atom stereocenters. The monoisotopic (exact) mass is 279 g/mol. The van der Waals surface area contributed by atoms with Crippen LogP contribution in [-0.4, -0.2) is 37.5 Å². The van der Waals surface area contributed by atoms with E-state index in [2.05, 4.69) is 20.3 Å². The Bertz CT molecular complexity index is 643. The van der Waals surface area contributed by atoms with Crippen LogP contribution in [0.5, 0.6) is 0 Å². The van der Waals surface area contributed by atoms with Crippen LogP contribution in [-0.2, 0) is 10.0 Å². The van der Waals surface area contributed by atoms with E-state index in [0.29, 0.717) is 11.8 Å². The van der Waals surface area contributed by atoms with Crippen molar-refractivity contribution in [2.24, 2.45) is 0 Å². The van der Waals surface area contributed by atoms with Crippen molar-refractivity contribution in [2.45, 2.75) is 4.90 Å². The van der Waals surface area contributed by atoms with E-state index in [1.54, 1.807) is 25.2 Å². The van der Waals surface area contributed by atoms with Gasteiger partial charge in [0.15, 0.2) is 0 Å². The minimum atomic E-state index is -3.70. The maximum atomic E-state index is 12.3. The molecule has 0 spiro atoms. The summed E-state index contributed by atoms with van der Waals surface area (Å²) in [6, 6.07) is 5.05. The Morgan fingerprint density at radius 2 is 1.84 bits per heavy atom. The van der Waals surface area contributed by atoms with Crippen LogP contribution >= 0.6 is 0 Å². The second-order valence-corrected chi connectivity index (χ2v) is 5.62. The molecule has 0 aliphatic rings. The Hall–Kier alpha value is -2.22. The number of sulfonamides is 1. The molecule has 0 amide bonds. The van der Waals surface area contributed by atoms with E-state index >= 15 is 0 Å². The van der Waals surface area contributed by atoms with Gasteiger partial charge in [-0.3, -0.25) is 4.31 Å². The van der Waals surface area contributed by atoms with E-state index < -0.39 is 10.0 Å². The maximum Gasteiger partial charge on any atom is 0.268 e. The van der Waals surface area contributed by atoms with Crippen molar-refractivity contribution >= 4 is 21.8 Å². The fraction of sp³-hybridized carbons (Fsp3) is 0.182. The average molecular weight is 279 g/mol. The standard InChI is InChI=1S/C11H13N5O2S/c1-12-11-14-7-9(8-15-11)19(17,18)16(2)10-5-3-4-6-13-10/h3-8H,1-2H3,(H,12,14,15). The summed E-state index contributed by atoms with van der Waals surface area (Å²) in [7, 11) is -0.609. The molecule has 100 valence electrons. The van der Waals surface area contributed by atoms with Crippen molar-refractivity contribution in [2.75, 3.05) is 23.7 Å². The molecule has 0 radical (unpaired) electrons. The van der Waals surface area contributed by atoms with E-state index in [-0.39, 0.29) is 4.90 Å². The summed E-state index contributed by atoms with van der Waals surface area (Å²) < 4.78 is 25.7. The third-order valence-electron chi connectivity index (χ3n) is 2.48. The molecule has 0 bridgehead atoms. The molecule has 8 heteroatoms. The molecule has 0 saturated heterocycles. The minimum Gasteiger partial charge on any atom is -0.357 e. The van der Waals surface area contributed by atoms with Gasteiger partial charge in [-0.15, -0.1) is 0 Å². The van der Waals surface area contributed by atoms with Crippen molar-refractivity contribution in [1.82, 2.24) is 15.0 Å². The Labute approximate surface area is 111 Å². The first-order valence-corrected chi connectivity index (χ1v) is 6.89. The summed E-state index contributed by atoms with van der Waals surface area (Å²) >= 11 is 0. The summed E-state index contributed by atoms with van der Waals surface area (Å²) in [5, 5.41) is 2.72. The van der Waals surface area contributed by atoms with E-state index in [0.717, 1.165) is 4.31 Å². The molecule has 2 rings (SSSR count). The SMILES string of the molecule is CNc1ncc(S(=O)(=O)N(C)c2ccccn2)cn1. The molecular formula is C11H13N5O2S. The number of anilines is 2. The quantitative estimate of drug-likeness (QED) is 0.888. The van der Waals surface area contributed by atoms with Crippen LogP contribution in [0.4, 0.5) is 11.8 Å². The van der Waals surface area contributed by atoms with Gasteiger partial charge in [0.1, 0.15) is 10.7 Å². The lowest BCUT2D eigenvalue weighted by Crippen LogP contribution is -2.27. The normalized spacial score (nSPS) is 11.1. The smallest absolute Gasteiger partial charge is 0.268 e. The van der Waals surface area contributed by atoms with Crippen molar-refractivity contribution in [3.8, 4) is 0 Å². The van der Waals surface area contributed by atoms with Crippen molar-refractivity contribution < 1.29 is 8.42 Å². The number of nitrogens with zero attached hydrogens (tertiary/aromatic N) is 4. The molecule has 0 saturated carbocycles. The molecule has 0 aliphatic carbocycles. The highest BCUT2D eigenvalue weighted by Crippen LogP contribution is 2.18. The number of hydrogen-bond acceptors (Lipinski definition) is 6. The van der Waals surface area contributed by atoms with Crippen LogP contribution in [0.2, 0.25) is 0 Å². The fourth-order valence-corrected chi connectivity index (χ4v) is 2.44. The van der Waals surface area contributed by atoms with E-state index in [1.165, 1.54) is 25.6 Å². The van der Waals surface area contributed by atoms with Gasteiger partial charge in [-0.2, -0.15) is 0 Å². The van der Waals surface area contributed by atoms with Gasteiger partial charge in [0, 0.05) is 20.3 Å². The van der Waals surface area contributed by atoms with Gasteiger partial charge in [0.2, 0.25) is 5.95 Å². The Morgan fingerprint density at radius 1 is 1.16 bits per heavy atom. The van der Waals surface area contributed by atoms with Crippen LogP contribution in [0.3, 0.4) is 0 Å². The van der Waals surface area contributed by atoms with Crippen molar-refractivity contribution in [3.05, 3.63) is 36.8 Å². The van der Waals surface area contributed by atoms with E-state index in [9.17, 15) is 8.42 Å². The molecule has 2 aromatic rings. The molecule has 7 nitrogen and oxygen atoms in total. The fourth-order valence-electron chi connectivity index (χ4n) is 1.40. The molecule has 0 fully saturated rings. The van der Waals surface area contributed by atoms with Crippen molar-refractivity contribution in [3.63, 3.8) is 0 Å². The summed E-state index contributed by atoms with van der Waals surface area (Å²) in [5.41, 5.74) is 0. The predicted octanol–water partition coefficient (Wildman–Crippen LogP) is 0.738. The first-order valence-electron chi connectivity index (χ1n) is 5.45. The lowest BCUT2D eigenvalue weighted by Gasteiger charge is -2.17. The Morgan fingerprint density at radius 3 is 2.37 bits per heavy atom. The number of hydrogen-bond donors (Lipinski definition) is 1. The molecule has 2 heterocycles. The van der Waals surface area contributed by atoms with Crippen LogP contribution in [0.25, 0.3) is 0 Å². The first kappa shape index (κ1) is 13.2. The minimum absolute atomic E-state index is 0.0136. The topological polar surface area (TPSA) is 88.1 Å². The summed E-state index contributed by atoms with van der Waals surface area (Å²) in [4.78, 5) is 11.8. The van der Waals surface area contributed by atoms with Crippen LogP contribution in [0.15, 0.2) is 41.7 Å². The zero-order valence-electron chi connectivity index (χ0n) is 10.5. The second-order valence-electron chi connectivity index (χ2n) is 3.65. The Kier molecular flexibility index (Phi) is 3.61. The average Bonchev–Trinajstić information content (AvgIpc) is 2.47. The highest BCUT2D eigenvalue weighted by atomic mass is 32.2. The maximum absolute atomic E-state index is 12.3. The molecular weight excluding hydrogens is 266 g/mol. The molecule has 0 aliphatic heterocycles. The summed E-state index contributed by atoms with van der Waals surface area (Å²) in [6.45, 7) is 0. The van der Waals surface area contributed by atoms with Gasteiger partial charge in [-0.05, 0) is 12.1 Å². The predicted molar refractivity (Wildman–Crippen MR) is 71.4 cm³/mol. The van der Waals surface area contributed by atoms with Gasteiger partial charge in [-0.25, -0.2) is 23.4 Å². The van der Waals surface area contributed by atoms with Gasteiger partial charge < -0.3 is 5.32 Å². The van der Waals surface area contributed by atoms with Crippen LogP contribution in [0, 0.1) is 0 Å². The third kappa shape index (κ3) is 2.63. The number of pyridine rings is 1. The highest BCUT2D eigenvalue weighted by Gasteiger charge is 2.22. The molecule has 19 heavy (non-hydrogen) atoms. The highest BCUT2D eigenvalue weighted by molar-refractivity contribution is 7.92. The van der Waals surface area contributed by atoms with Gasteiger partial charge in [-0.1, -0.05) is 6.07 Å². The molecule has 0 aromatic carbocycles. The molecule has 0 unspecified atom stereocenters. The number of nitrogens with one attached hydrogen (secondary N) is 1. The zero-order valence-corrected chi connectivity index (χ0v) is 11.3. The second kappa shape index (κ2) is 5.19. The lowest BCUT2D eigenvalue weighted by atomic mass is 10.5. The number of rotatable bonds is 4. The zero-order chi connectivity index (χ0) is 13.9. The largest absolute Gasteiger partial charge is 0.357 e. The molecule has 2 aromatic heterocycles. The van der Waals surface area contributed by atoms with Crippen molar-refractivity contribution in [1.29, 1.82) is 0 Å². The van der Waals surface area contributed by atoms with Gasteiger partial charge in [0.05, 0.1) is 12.4 Å². The van der Waals surface area contributed by atoms with Crippen LogP contribution in [0.1, 0.15) is 0 Å². The van der Waals surface area contributed by atoms with Crippen LogP contribution < -0.4 is 9.62 Å².